The average Bonchev–Trinajstić information content (AvgIpc) is 3.52. The molecule has 3 aromatic rings. The summed E-state index contributed by atoms with van der Waals surface area (Å²) in [6, 6.07) is 12.4. The minimum Gasteiger partial charge on any atom is -0.488 e. The third-order valence-electron chi connectivity index (χ3n) is 8.07. The van der Waals surface area contributed by atoms with Gasteiger partial charge in [0.2, 0.25) is 12.7 Å². The van der Waals surface area contributed by atoms with Gasteiger partial charge in [-0.3, -0.25) is 4.79 Å². The van der Waals surface area contributed by atoms with Gasteiger partial charge in [0.05, 0.1) is 31.2 Å². The molecular formula is C33H36F3N5O7. The Bertz CT molecular complexity index is 1650. The third-order valence-corrected chi connectivity index (χ3v) is 8.07. The zero-order chi connectivity index (χ0) is 34.6. The molecule has 2 aliphatic rings. The fourth-order valence-corrected chi connectivity index (χ4v) is 5.31. The van der Waals surface area contributed by atoms with Gasteiger partial charge in [-0.25, -0.2) is 9.59 Å². The second kappa shape index (κ2) is 14.3. The highest BCUT2D eigenvalue weighted by atomic mass is 19.4. The Morgan fingerprint density at radius 3 is 2.25 bits per heavy atom. The van der Waals surface area contributed by atoms with E-state index >= 15 is 0 Å². The maximum absolute atomic E-state index is 13.5. The molecule has 48 heavy (non-hydrogen) atoms. The van der Waals surface area contributed by atoms with Crippen LogP contribution < -0.4 is 30.2 Å². The lowest BCUT2D eigenvalue weighted by Gasteiger charge is -2.34. The quantitative estimate of drug-likeness (QED) is 0.264. The molecule has 5 amide bonds. The van der Waals surface area contributed by atoms with Crippen LogP contribution in [0.1, 0.15) is 25.0 Å². The number of carbonyl (C=O) groups excluding carboxylic acids is 3. The molecule has 0 spiro atoms. The number of aliphatic hydroxyl groups is 1. The van der Waals surface area contributed by atoms with Gasteiger partial charge >= 0.3 is 18.2 Å². The number of likely N-dealkylation sites (N-methyl/N-ethyl adjacent to an activating group) is 1. The lowest BCUT2D eigenvalue weighted by atomic mass is 10.0. The summed E-state index contributed by atoms with van der Waals surface area (Å²) in [6.07, 6.45) is -5.22. The maximum atomic E-state index is 13.5. The number of amides is 5. The number of alkyl halides is 3. The Labute approximate surface area is 274 Å². The highest BCUT2D eigenvalue weighted by molar-refractivity contribution is 6.00. The first-order valence-electron chi connectivity index (χ1n) is 15.2. The van der Waals surface area contributed by atoms with Crippen molar-refractivity contribution in [3.8, 4) is 17.2 Å². The minimum absolute atomic E-state index is 0.0561. The van der Waals surface area contributed by atoms with Crippen LogP contribution in [0.15, 0.2) is 60.7 Å². The van der Waals surface area contributed by atoms with Crippen molar-refractivity contribution < 1.29 is 46.9 Å². The van der Waals surface area contributed by atoms with Gasteiger partial charge < -0.3 is 45.1 Å². The van der Waals surface area contributed by atoms with Crippen molar-refractivity contribution in [2.75, 3.05) is 49.5 Å². The van der Waals surface area contributed by atoms with E-state index in [0.717, 1.165) is 12.1 Å². The molecule has 0 unspecified atom stereocenters. The lowest BCUT2D eigenvalue weighted by molar-refractivity contribution is -0.137. The van der Waals surface area contributed by atoms with Gasteiger partial charge in [0.1, 0.15) is 11.9 Å². The van der Waals surface area contributed by atoms with E-state index in [1.54, 1.807) is 48.2 Å². The predicted octanol–water partition coefficient (Wildman–Crippen LogP) is 5.39. The second-order valence-electron chi connectivity index (χ2n) is 11.7. The summed E-state index contributed by atoms with van der Waals surface area (Å²) in [7, 11) is 1.52. The molecule has 0 saturated heterocycles. The van der Waals surface area contributed by atoms with Crippen LogP contribution in [0.5, 0.6) is 17.2 Å². The van der Waals surface area contributed by atoms with Crippen molar-refractivity contribution in [3.05, 3.63) is 71.8 Å². The van der Waals surface area contributed by atoms with Gasteiger partial charge in [0.15, 0.2) is 11.5 Å². The number of anilines is 3. The van der Waals surface area contributed by atoms with E-state index in [-0.39, 0.29) is 50.4 Å². The van der Waals surface area contributed by atoms with Crippen molar-refractivity contribution in [1.82, 2.24) is 9.80 Å². The summed E-state index contributed by atoms with van der Waals surface area (Å²) >= 11 is 0. The van der Waals surface area contributed by atoms with Gasteiger partial charge in [-0.15, -0.1) is 0 Å². The van der Waals surface area contributed by atoms with E-state index in [4.69, 9.17) is 14.2 Å². The zero-order valence-corrected chi connectivity index (χ0v) is 26.5. The van der Waals surface area contributed by atoms with Crippen LogP contribution in [0, 0.1) is 5.92 Å². The van der Waals surface area contributed by atoms with Gasteiger partial charge in [0.25, 0.3) is 0 Å². The van der Waals surface area contributed by atoms with Crippen LogP contribution in [0.4, 0.5) is 39.8 Å². The SMILES string of the molecule is C[C@@H]1CN([C@H](C)CO)C(=O)Cc2cc(NC(=O)Nc3ccc4c(c3)OCO4)ccc2O[C@H]1CN(C)C(=O)Nc1ccc(C(F)(F)F)cc1. The largest absolute Gasteiger partial charge is 0.488 e. The van der Waals surface area contributed by atoms with E-state index in [2.05, 4.69) is 16.0 Å². The van der Waals surface area contributed by atoms with Crippen molar-refractivity contribution in [2.24, 2.45) is 5.92 Å². The molecule has 2 aliphatic heterocycles. The fourth-order valence-electron chi connectivity index (χ4n) is 5.31. The highest BCUT2D eigenvalue weighted by Crippen LogP contribution is 2.35. The van der Waals surface area contributed by atoms with Crippen molar-refractivity contribution in [3.63, 3.8) is 0 Å². The van der Waals surface area contributed by atoms with Crippen LogP contribution in [-0.4, -0.2) is 78.6 Å². The number of halogens is 3. The molecule has 0 saturated carbocycles. The summed E-state index contributed by atoms with van der Waals surface area (Å²) in [5, 5.41) is 18.0. The normalized spacial score (nSPS) is 18.0. The first kappa shape index (κ1) is 34.2. The van der Waals surface area contributed by atoms with Crippen LogP contribution in [0.2, 0.25) is 0 Å². The second-order valence-corrected chi connectivity index (χ2v) is 11.7. The van der Waals surface area contributed by atoms with Crippen molar-refractivity contribution in [2.45, 2.75) is 38.6 Å². The highest BCUT2D eigenvalue weighted by Gasteiger charge is 2.33. The van der Waals surface area contributed by atoms with Crippen molar-refractivity contribution in [1.29, 1.82) is 0 Å². The Morgan fingerprint density at radius 2 is 1.58 bits per heavy atom. The molecule has 4 N–H and O–H groups in total. The Balaban J connectivity index is 1.32. The fraction of sp³-hybridized carbons (Fsp3) is 0.364. The number of hydrogen-bond acceptors (Lipinski definition) is 7. The van der Waals surface area contributed by atoms with Crippen LogP contribution in [0.25, 0.3) is 0 Å². The Hall–Kier alpha value is -5.18. The molecule has 5 rings (SSSR count). The summed E-state index contributed by atoms with van der Waals surface area (Å²) in [5.74, 6) is 0.877. The number of rotatable bonds is 7. The molecule has 0 aliphatic carbocycles. The van der Waals surface area contributed by atoms with E-state index in [9.17, 15) is 32.7 Å². The standard InChI is InChI=1S/C33H36F3N5O7/c1-19-15-41(20(2)17-42)30(43)13-21-12-24(37-31(44)38-25-9-11-27-28(14-25)47-18-46-27)8-10-26(21)48-29(19)16-40(3)32(45)39-23-6-4-22(5-7-23)33(34,35)36/h4-12,14,19-20,29,42H,13,15-18H2,1-3H3,(H,39,45)(H2,37,38,44)/t19-,20-,29+/m1/s1. The molecule has 12 nitrogen and oxygen atoms in total. The number of benzene rings is 3. The molecule has 3 aromatic carbocycles. The number of nitrogens with zero attached hydrogens (tertiary/aromatic N) is 2. The minimum atomic E-state index is -4.50. The van der Waals surface area contributed by atoms with E-state index in [0.29, 0.717) is 34.2 Å². The first-order valence-corrected chi connectivity index (χ1v) is 15.2. The van der Waals surface area contributed by atoms with Crippen LogP contribution in [-0.2, 0) is 17.4 Å². The van der Waals surface area contributed by atoms with Gasteiger partial charge in [-0.05, 0) is 61.5 Å². The molecule has 0 aromatic heterocycles. The molecule has 3 atom stereocenters. The summed E-state index contributed by atoms with van der Waals surface area (Å²) in [5.41, 5.74) is 0.703. The molecule has 2 heterocycles. The molecule has 0 bridgehead atoms. The third kappa shape index (κ3) is 8.20. The topological polar surface area (TPSA) is 142 Å². The number of ether oxygens (including phenoxy) is 3. The van der Waals surface area contributed by atoms with Crippen LogP contribution in [0.3, 0.4) is 0 Å². The molecule has 15 heteroatoms. The predicted molar refractivity (Wildman–Crippen MR) is 170 cm³/mol. The number of urea groups is 2. The van der Waals surface area contributed by atoms with Crippen LogP contribution >= 0.6 is 0 Å². The number of aliphatic hydroxyl groups excluding tert-OH is 1. The molecule has 0 radical (unpaired) electrons. The summed E-state index contributed by atoms with van der Waals surface area (Å²) in [6.45, 7) is 3.69. The van der Waals surface area contributed by atoms with Crippen molar-refractivity contribution >= 4 is 35.0 Å². The van der Waals surface area contributed by atoms with Gasteiger partial charge in [0, 0.05) is 48.2 Å². The average molecular weight is 672 g/mol. The smallest absolute Gasteiger partial charge is 0.416 e. The molecule has 0 fully saturated rings. The maximum Gasteiger partial charge on any atom is 0.416 e. The Morgan fingerprint density at radius 1 is 0.958 bits per heavy atom. The number of nitrogens with one attached hydrogen (secondary N) is 3. The Kier molecular flexibility index (Phi) is 10.2. The first-order chi connectivity index (χ1) is 22.8. The van der Waals surface area contributed by atoms with E-state index in [1.165, 1.54) is 24.1 Å². The van der Waals surface area contributed by atoms with E-state index < -0.39 is 35.9 Å². The van der Waals surface area contributed by atoms with Gasteiger partial charge in [-0.1, -0.05) is 6.92 Å². The monoisotopic (exact) mass is 671 g/mol. The van der Waals surface area contributed by atoms with E-state index in [1.807, 2.05) is 6.92 Å². The lowest BCUT2D eigenvalue weighted by Crippen LogP contribution is -2.48. The molecule has 256 valence electrons. The number of hydrogen-bond donors (Lipinski definition) is 4. The summed E-state index contributed by atoms with van der Waals surface area (Å²) in [4.78, 5) is 42.3. The zero-order valence-electron chi connectivity index (χ0n) is 26.5. The number of fused-ring (bicyclic) bond motifs is 2. The van der Waals surface area contributed by atoms with Gasteiger partial charge in [-0.2, -0.15) is 13.2 Å². The number of carbonyl (C=O) groups is 3. The summed E-state index contributed by atoms with van der Waals surface area (Å²) < 4.78 is 55.9. The molecular weight excluding hydrogens is 635 g/mol.